The van der Waals surface area contributed by atoms with Crippen molar-refractivity contribution in [1.29, 1.82) is 0 Å². The number of hydrogen-bond donors (Lipinski definition) is 0. The monoisotopic (exact) mass is 524 g/mol. The molecule has 0 radical (unpaired) electrons. The average molecular weight is 525 g/mol. The first-order valence-corrected chi connectivity index (χ1v) is 13.6. The van der Waals surface area contributed by atoms with Crippen LogP contribution in [0.4, 0.5) is 0 Å². The highest BCUT2D eigenvalue weighted by Crippen LogP contribution is 2.28. The number of ketones is 1. The predicted octanol–water partition coefficient (Wildman–Crippen LogP) is 4.40. The molecule has 0 aliphatic carbocycles. The lowest BCUT2D eigenvalue weighted by Crippen LogP contribution is -2.32. The van der Waals surface area contributed by atoms with Crippen molar-refractivity contribution in [3.05, 3.63) is 51.8 Å². The Kier molecular flexibility index (Phi) is 9.52. The molecular formula is C25H33ClN2O6S. The number of esters is 1. The van der Waals surface area contributed by atoms with Crippen molar-refractivity contribution in [2.24, 2.45) is 0 Å². The molecular weight excluding hydrogens is 492 g/mol. The summed E-state index contributed by atoms with van der Waals surface area (Å²) in [5.74, 6) is -1.10. The van der Waals surface area contributed by atoms with Crippen LogP contribution in [-0.4, -0.2) is 62.5 Å². The summed E-state index contributed by atoms with van der Waals surface area (Å²) in [7, 11) is -2.20. The Labute approximate surface area is 212 Å². The molecule has 1 aliphatic heterocycles. The van der Waals surface area contributed by atoms with Crippen molar-refractivity contribution < 1.29 is 27.5 Å². The minimum Gasteiger partial charge on any atom is -0.454 e. The van der Waals surface area contributed by atoms with E-state index in [9.17, 15) is 18.0 Å². The molecule has 10 heteroatoms. The van der Waals surface area contributed by atoms with Crippen LogP contribution in [-0.2, 0) is 26.0 Å². The molecule has 2 aromatic rings. The van der Waals surface area contributed by atoms with Gasteiger partial charge in [0, 0.05) is 50.3 Å². The average Bonchev–Trinajstić information content (AvgIpc) is 3.01. The number of benzene rings is 1. The van der Waals surface area contributed by atoms with Crippen molar-refractivity contribution in [1.82, 2.24) is 8.87 Å². The van der Waals surface area contributed by atoms with E-state index in [4.69, 9.17) is 21.1 Å². The molecule has 1 aromatic carbocycles. The Hall–Kier alpha value is -2.20. The Morgan fingerprint density at radius 2 is 1.74 bits per heavy atom. The first kappa shape index (κ1) is 27.4. The van der Waals surface area contributed by atoms with Crippen LogP contribution in [0.25, 0.3) is 0 Å². The summed E-state index contributed by atoms with van der Waals surface area (Å²) in [6.45, 7) is 5.51. The summed E-state index contributed by atoms with van der Waals surface area (Å²) in [5, 5.41) is 0.0442. The van der Waals surface area contributed by atoms with Crippen molar-refractivity contribution in [2.45, 2.75) is 57.4 Å². The third-order valence-electron chi connectivity index (χ3n) is 6.29. The highest BCUT2D eigenvalue weighted by atomic mass is 35.5. The van der Waals surface area contributed by atoms with Gasteiger partial charge in [-0.25, -0.2) is 13.2 Å². The van der Waals surface area contributed by atoms with E-state index in [2.05, 4.69) is 0 Å². The molecule has 3 rings (SSSR count). The third-order valence-corrected chi connectivity index (χ3v) is 8.67. The number of hydrogen-bond acceptors (Lipinski definition) is 6. The topological polar surface area (TPSA) is 94.9 Å². The van der Waals surface area contributed by atoms with Crippen LogP contribution in [0.3, 0.4) is 0 Å². The Bertz CT molecular complexity index is 1170. The normalized spacial score (nSPS) is 15.1. The second-order valence-electron chi connectivity index (χ2n) is 8.75. The molecule has 0 amide bonds. The fraction of sp³-hybridized carbons (Fsp3) is 0.520. The van der Waals surface area contributed by atoms with E-state index >= 15 is 0 Å². The first-order chi connectivity index (χ1) is 16.7. The van der Waals surface area contributed by atoms with Gasteiger partial charge in [-0.15, -0.1) is 0 Å². The van der Waals surface area contributed by atoms with Gasteiger partial charge in [-0.05, 0) is 57.4 Å². The lowest BCUT2D eigenvalue weighted by atomic mass is 10.1. The molecule has 192 valence electrons. The van der Waals surface area contributed by atoms with Crippen LogP contribution < -0.4 is 0 Å². The van der Waals surface area contributed by atoms with Crippen LogP contribution >= 0.6 is 11.6 Å². The lowest BCUT2D eigenvalue weighted by molar-refractivity contribution is 0.0474. The molecule has 1 saturated heterocycles. The molecule has 1 aromatic heterocycles. The van der Waals surface area contributed by atoms with Gasteiger partial charge in [-0.1, -0.05) is 24.4 Å². The molecule has 0 unspecified atom stereocenters. The van der Waals surface area contributed by atoms with E-state index in [1.54, 1.807) is 13.2 Å². The second kappa shape index (κ2) is 12.2. The highest BCUT2D eigenvalue weighted by molar-refractivity contribution is 7.89. The zero-order valence-corrected chi connectivity index (χ0v) is 22.1. The van der Waals surface area contributed by atoms with Gasteiger partial charge >= 0.3 is 5.97 Å². The van der Waals surface area contributed by atoms with Crippen LogP contribution in [0.2, 0.25) is 5.02 Å². The van der Waals surface area contributed by atoms with E-state index < -0.39 is 22.6 Å². The standard InChI is InChI=1S/C25H33ClN2O6S/c1-18-15-21(19(2)28(18)13-8-14-33-3)23(29)17-34-25(30)20-9-10-22(26)24(16-20)35(31,32)27-11-6-4-5-7-12-27/h9-10,15-16H,4-8,11-14,17H2,1-3H3. The largest absolute Gasteiger partial charge is 0.454 e. The predicted molar refractivity (Wildman–Crippen MR) is 134 cm³/mol. The SMILES string of the molecule is COCCCn1c(C)cc(C(=O)COC(=O)c2ccc(Cl)c(S(=O)(=O)N3CCCCCC3)c2)c1C. The number of carbonyl (C=O) groups is 2. The third kappa shape index (κ3) is 6.52. The number of ether oxygens (including phenoxy) is 2. The summed E-state index contributed by atoms with van der Waals surface area (Å²) in [6.07, 6.45) is 4.35. The van der Waals surface area contributed by atoms with Crippen LogP contribution in [0.1, 0.15) is 64.2 Å². The minimum atomic E-state index is -3.85. The van der Waals surface area contributed by atoms with Gasteiger partial charge in [0.25, 0.3) is 0 Å². The fourth-order valence-corrected chi connectivity index (χ4v) is 6.35. The Morgan fingerprint density at radius 1 is 1.06 bits per heavy atom. The molecule has 0 saturated carbocycles. The van der Waals surface area contributed by atoms with Gasteiger partial charge in [-0.3, -0.25) is 4.79 Å². The minimum absolute atomic E-state index is 0.0284. The maximum Gasteiger partial charge on any atom is 0.338 e. The number of Topliss-reactive ketones (excluding diaryl/α,β-unsaturated/α-hetero) is 1. The summed E-state index contributed by atoms with van der Waals surface area (Å²) >= 11 is 6.21. The van der Waals surface area contributed by atoms with E-state index in [1.807, 2.05) is 18.4 Å². The zero-order valence-electron chi connectivity index (χ0n) is 20.5. The van der Waals surface area contributed by atoms with Crippen LogP contribution in [0, 0.1) is 13.8 Å². The van der Waals surface area contributed by atoms with Gasteiger partial charge in [0.2, 0.25) is 15.8 Å². The van der Waals surface area contributed by atoms with Crippen molar-refractivity contribution in [3.63, 3.8) is 0 Å². The number of halogens is 1. The van der Waals surface area contributed by atoms with Crippen molar-refractivity contribution >= 4 is 33.4 Å². The van der Waals surface area contributed by atoms with Crippen molar-refractivity contribution in [3.8, 4) is 0 Å². The molecule has 1 aliphatic rings. The van der Waals surface area contributed by atoms with Gasteiger partial charge in [0.1, 0.15) is 4.90 Å². The zero-order chi connectivity index (χ0) is 25.6. The summed E-state index contributed by atoms with van der Waals surface area (Å²) in [5.41, 5.74) is 2.26. The number of sulfonamides is 1. The highest BCUT2D eigenvalue weighted by Gasteiger charge is 2.28. The number of carbonyl (C=O) groups excluding carboxylic acids is 2. The van der Waals surface area contributed by atoms with Gasteiger partial charge in [0.05, 0.1) is 10.6 Å². The number of aryl methyl sites for hydroxylation is 1. The number of methoxy groups -OCH3 is 1. The Morgan fingerprint density at radius 3 is 2.40 bits per heavy atom. The maximum atomic E-state index is 13.2. The number of aromatic nitrogens is 1. The smallest absolute Gasteiger partial charge is 0.338 e. The van der Waals surface area contributed by atoms with E-state index in [1.165, 1.54) is 22.5 Å². The van der Waals surface area contributed by atoms with Crippen LogP contribution in [0.15, 0.2) is 29.2 Å². The molecule has 8 nitrogen and oxygen atoms in total. The summed E-state index contributed by atoms with van der Waals surface area (Å²) in [6, 6.07) is 5.79. The van der Waals surface area contributed by atoms with E-state index in [0.29, 0.717) is 25.3 Å². The van der Waals surface area contributed by atoms with Crippen molar-refractivity contribution in [2.75, 3.05) is 33.4 Å². The molecule has 0 atom stereocenters. The first-order valence-electron chi connectivity index (χ1n) is 11.8. The Balaban J connectivity index is 1.71. The van der Waals surface area contributed by atoms with E-state index in [-0.39, 0.29) is 21.3 Å². The summed E-state index contributed by atoms with van der Waals surface area (Å²) < 4.78 is 40.2. The fourth-order valence-electron chi connectivity index (χ4n) is 4.34. The number of nitrogens with zero attached hydrogens (tertiary/aromatic N) is 2. The lowest BCUT2D eigenvalue weighted by Gasteiger charge is -2.21. The van der Waals surface area contributed by atoms with Gasteiger partial charge < -0.3 is 14.0 Å². The van der Waals surface area contributed by atoms with Gasteiger partial charge in [0.15, 0.2) is 6.61 Å². The molecule has 2 heterocycles. The number of rotatable bonds is 10. The van der Waals surface area contributed by atoms with E-state index in [0.717, 1.165) is 50.0 Å². The quantitative estimate of drug-likeness (QED) is 0.260. The molecule has 1 fully saturated rings. The van der Waals surface area contributed by atoms with Gasteiger partial charge in [-0.2, -0.15) is 4.31 Å². The molecule has 0 N–H and O–H groups in total. The second-order valence-corrected chi connectivity index (χ2v) is 11.1. The molecule has 0 bridgehead atoms. The summed E-state index contributed by atoms with van der Waals surface area (Å²) in [4.78, 5) is 25.3. The maximum absolute atomic E-state index is 13.2. The molecule has 35 heavy (non-hydrogen) atoms. The molecule has 0 spiro atoms. The van der Waals surface area contributed by atoms with Crippen LogP contribution in [0.5, 0.6) is 0 Å².